The van der Waals surface area contributed by atoms with E-state index in [1.165, 1.54) is 11.3 Å². The van der Waals surface area contributed by atoms with Gasteiger partial charge < -0.3 is 15.0 Å². The summed E-state index contributed by atoms with van der Waals surface area (Å²) in [6.07, 6.45) is 2.70. The van der Waals surface area contributed by atoms with Crippen molar-refractivity contribution in [1.82, 2.24) is 15.1 Å². The first kappa shape index (κ1) is 18.4. The highest BCUT2D eigenvalue weighted by Crippen LogP contribution is 2.22. The van der Waals surface area contributed by atoms with E-state index >= 15 is 0 Å². The Labute approximate surface area is 153 Å². The Kier molecular flexibility index (Phi) is 6.45. The normalized spacial score (nSPS) is 23.2. The first-order chi connectivity index (χ1) is 12.1. The molecule has 0 saturated carbocycles. The van der Waals surface area contributed by atoms with Gasteiger partial charge in [-0.3, -0.25) is 14.5 Å². The summed E-state index contributed by atoms with van der Waals surface area (Å²) in [5, 5.41) is 5.01. The van der Waals surface area contributed by atoms with Crippen molar-refractivity contribution < 1.29 is 14.3 Å². The third kappa shape index (κ3) is 4.80. The standard InChI is InChI=1S/C18H27N3O3S/c1-14(13-20-8-10-24-11-9-20)19-17(22)15-5-2-3-7-21(15)18(23)16-6-4-12-25-16/h4,6,12,14-15H,2-3,5,7-11,13H2,1H3,(H,19,22). The number of morpholine rings is 1. The number of ether oxygens (including phenoxy) is 1. The fourth-order valence-corrected chi connectivity index (χ4v) is 4.22. The average molecular weight is 365 g/mol. The summed E-state index contributed by atoms with van der Waals surface area (Å²) in [5.41, 5.74) is 0. The summed E-state index contributed by atoms with van der Waals surface area (Å²) in [6.45, 7) is 6.84. The summed E-state index contributed by atoms with van der Waals surface area (Å²) in [7, 11) is 0. The number of carbonyl (C=O) groups excluding carboxylic acids is 2. The SMILES string of the molecule is CC(CN1CCOCC1)NC(=O)C1CCCCN1C(=O)c1cccs1. The molecular weight excluding hydrogens is 338 g/mol. The quantitative estimate of drug-likeness (QED) is 0.861. The molecule has 2 fully saturated rings. The van der Waals surface area contributed by atoms with Crippen molar-refractivity contribution in [1.29, 1.82) is 0 Å². The van der Waals surface area contributed by atoms with Gasteiger partial charge >= 0.3 is 0 Å². The lowest BCUT2D eigenvalue weighted by atomic mass is 10.0. The van der Waals surface area contributed by atoms with Crippen LogP contribution in [0.4, 0.5) is 0 Å². The van der Waals surface area contributed by atoms with Gasteiger partial charge in [-0.2, -0.15) is 0 Å². The van der Waals surface area contributed by atoms with Gasteiger partial charge in [-0.05, 0) is 37.6 Å². The van der Waals surface area contributed by atoms with E-state index in [-0.39, 0.29) is 23.9 Å². The van der Waals surface area contributed by atoms with Crippen LogP contribution >= 0.6 is 11.3 Å². The van der Waals surface area contributed by atoms with Crippen molar-refractivity contribution in [3.05, 3.63) is 22.4 Å². The lowest BCUT2D eigenvalue weighted by molar-refractivity contribution is -0.127. The smallest absolute Gasteiger partial charge is 0.264 e. The molecule has 0 bridgehead atoms. The number of rotatable bonds is 5. The number of hydrogen-bond donors (Lipinski definition) is 1. The minimum atomic E-state index is -0.351. The van der Waals surface area contributed by atoms with Gasteiger partial charge in [-0.15, -0.1) is 11.3 Å². The second kappa shape index (κ2) is 8.78. The molecule has 2 aliphatic rings. The Balaban J connectivity index is 1.57. The minimum Gasteiger partial charge on any atom is -0.379 e. The molecule has 2 unspecified atom stereocenters. The van der Waals surface area contributed by atoms with Crippen molar-refractivity contribution in [2.24, 2.45) is 0 Å². The number of nitrogens with zero attached hydrogens (tertiary/aromatic N) is 2. The van der Waals surface area contributed by atoms with E-state index in [9.17, 15) is 9.59 Å². The lowest BCUT2D eigenvalue weighted by Crippen LogP contribution is -2.55. The number of carbonyl (C=O) groups is 2. The Morgan fingerprint density at radius 3 is 2.84 bits per heavy atom. The zero-order chi connectivity index (χ0) is 17.6. The van der Waals surface area contributed by atoms with Crippen LogP contribution in [0.5, 0.6) is 0 Å². The fourth-order valence-electron chi connectivity index (χ4n) is 3.54. The monoisotopic (exact) mass is 365 g/mol. The molecule has 138 valence electrons. The Morgan fingerprint density at radius 1 is 1.32 bits per heavy atom. The summed E-state index contributed by atoms with van der Waals surface area (Å²) in [4.78, 5) is 30.3. The van der Waals surface area contributed by atoms with Gasteiger partial charge in [0.15, 0.2) is 0 Å². The molecule has 1 N–H and O–H groups in total. The molecule has 0 radical (unpaired) electrons. The third-order valence-electron chi connectivity index (χ3n) is 4.82. The van der Waals surface area contributed by atoms with Gasteiger partial charge in [-0.1, -0.05) is 6.07 Å². The molecule has 0 spiro atoms. The van der Waals surface area contributed by atoms with E-state index in [1.807, 2.05) is 24.4 Å². The highest BCUT2D eigenvalue weighted by molar-refractivity contribution is 7.12. The molecule has 1 aromatic heterocycles. The van der Waals surface area contributed by atoms with Gasteiger partial charge in [0.2, 0.25) is 5.91 Å². The molecule has 7 heteroatoms. The molecule has 1 aromatic rings. The van der Waals surface area contributed by atoms with Crippen LogP contribution in [0.2, 0.25) is 0 Å². The van der Waals surface area contributed by atoms with Crippen LogP contribution in [0, 0.1) is 0 Å². The van der Waals surface area contributed by atoms with E-state index in [4.69, 9.17) is 4.74 Å². The van der Waals surface area contributed by atoms with Crippen LogP contribution in [0.3, 0.4) is 0 Å². The second-order valence-corrected chi connectivity index (χ2v) is 7.76. The fraction of sp³-hybridized carbons (Fsp3) is 0.667. The predicted octanol–water partition coefficient (Wildman–Crippen LogP) is 1.58. The van der Waals surface area contributed by atoms with E-state index in [2.05, 4.69) is 10.2 Å². The lowest BCUT2D eigenvalue weighted by Gasteiger charge is -2.36. The van der Waals surface area contributed by atoms with Crippen molar-refractivity contribution in [2.45, 2.75) is 38.3 Å². The highest BCUT2D eigenvalue weighted by Gasteiger charge is 2.33. The van der Waals surface area contributed by atoms with E-state index in [0.29, 0.717) is 11.4 Å². The van der Waals surface area contributed by atoms with Crippen molar-refractivity contribution in [2.75, 3.05) is 39.4 Å². The Morgan fingerprint density at radius 2 is 2.12 bits per heavy atom. The topological polar surface area (TPSA) is 61.9 Å². The molecule has 0 aromatic carbocycles. The summed E-state index contributed by atoms with van der Waals surface area (Å²) < 4.78 is 5.36. The molecular formula is C18H27N3O3S. The van der Waals surface area contributed by atoms with Crippen LogP contribution < -0.4 is 5.32 Å². The highest BCUT2D eigenvalue weighted by atomic mass is 32.1. The number of thiophene rings is 1. The van der Waals surface area contributed by atoms with Crippen molar-refractivity contribution in [3.8, 4) is 0 Å². The van der Waals surface area contributed by atoms with Crippen LogP contribution in [0.1, 0.15) is 35.9 Å². The first-order valence-corrected chi connectivity index (χ1v) is 9.98. The van der Waals surface area contributed by atoms with Crippen molar-refractivity contribution >= 4 is 23.2 Å². The van der Waals surface area contributed by atoms with Crippen LogP contribution in [0.25, 0.3) is 0 Å². The number of amides is 2. The summed E-state index contributed by atoms with van der Waals surface area (Å²) in [6, 6.07) is 3.42. The number of nitrogens with one attached hydrogen (secondary N) is 1. The number of hydrogen-bond acceptors (Lipinski definition) is 5. The average Bonchev–Trinajstić information content (AvgIpc) is 3.16. The molecule has 0 aliphatic carbocycles. The maximum atomic E-state index is 12.8. The maximum absolute atomic E-state index is 12.8. The Bertz CT molecular complexity index is 572. The van der Waals surface area contributed by atoms with E-state index < -0.39 is 0 Å². The molecule has 2 saturated heterocycles. The maximum Gasteiger partial charge on any atom is 0.264 e. The number of likely N-dealkylation sites (tertiary alicyclic amines) is 1. The molecule has 6 nitrogen and oxygen atoms in total. The van der Waals surface area contributed by atoms with Crippen LogP contribution in [0.15, 0.2) is 17.5 Å². The summed E-state index contributed by atoms with van der Waals surface area (Å²) >= 11 is 1.43. The third-order valence-corrected chi connectivity index (χ3v) is 5.68. The van der Waals surface area contributed by atoms with Gasteiger partial charge in [0.05, 0.1) is 18.1 Å². The zero-order valence-corrected chi connectivity index (χ0v) is 15.6. The molecule has 2 amide bonds. The molecule has 2 atom stereocenters. The largest absolute Gasteiger partial charge is 0.379 e. The second-order valence-electron chi connectivity index (χ2n) is 6.81. The molecule has 3 heterocycles. The van der Waals surface area contributed by atoms with Crippen LogP contribution in [-0.4, -0.2) is 73.1 Å². The van der Waals surface area contributed by atoms with E-state index in [0.717, 1.165) is 52.1 Å². The van der Waals surface area contributed by atoms with Gasteiger partial charge in [0, 0.05) is 32.2 Å². The number of piperidine rings is 1. The molecule has 25 heavy (non-hydrogen) atoms. The Hall–Kier alpha value is -1.44. The predicted molar refractivity (Wildman–Crippen MR) is 97.9 cm³/mol. The van der Waals surface area contributed by atoms with Gasteiger partial charge in [-0.25, -0.2) is 0 Å². The van der Waals surface area contributed by atoms with Gasteiger partial charge in [0.25, 0.3) is 5.91 Å². The van der Waals surface area contributed by atoms with Crippen LogP contribution in [-0.2, 0) is 9.53 Å². The molecule has 3 rings (SSSR count). The minimum absolute atomic E-state index is 0.0179. The van der Waals surface area contributed by atoms with E-state index in [1.54, 1.807) is 4.90 Å². The van der Waals surface area contributed by atoms with Gasteiger partial charge in [0.1, 0.15) is 6.04 Å². The zero-order valence-electron chi connectivity index (χ0n) is 14.8. The first-order valence-electron chi connectivity index (χ1n) is 9.10. The molecule has 2 aliphatic heterocycles. The summed E-state index contributed by atoms with van der Waals surface area (Å²) in [5.74, 6) is -0.0407. The van der Waals surface area contributed by atoms with Crippen molar-refractivity contribution in [3.63, 3.8) is 0 Å².